The van der Waals surface area contributed by atoms with Crippen LogP contribution in [0.3, 0.4) is 0 Å². The third kappa shape index (κ3) is 4.74. The summed E-state index contributed by atoms with van der Waals surface area (Å²) >= 11 is 0. The molecule has 8 aromatic carbocycles. The number of para-hydroxylation sites is 4. The van der Waals surface area contributed by atoms with Crippen molar-refractivity contribution in [2.45, 2.75) is 0 Å². The van der Waals surface area contributed by atoms with Crippen LogP contribution in [0, 0.1) is 0 Å². The first-order valence-corrected chi connectivity index (χ1v) is 17.4. The van der Waals surface area contributed by atoms with Crippen molar-refractivity contribution in [3.63, 3.8) is 0 Å². The maximum Gasteiger partial charge on any atom is 0.159 e. The van der Waals surface area contributed by atoms with Gasteiger partial charge in [-0.05, 0) is 65.2 Å². The number of aromatic nitrogens is 1. The first-order valence-electron chi connectivity index (χ1n) is 17.4. The fraction of sp³-hybridized carbons (Fsp3) is 0. The topological polar surface area (TPSA) is 21.3 Å². The Balaban J connectivity index is 1.32. The second-order valence-corrected chi connectivity index (χ2v) is 12.9. The smallest absolute Gasteiger partial charge is 0.159 e. The van der Waals surface area contributed by atoms with Crippen LogP contribution in [0.25, 0.3) is 71.7 Å². The molecular weight excluding hydrogens is 621 g/mol. The van der Waals surface area contributed by atoms with Crippen LogP contribution in [0.4, 0.5) is 17.1 Å². The molecule has 0 spiro atoms. The normalized spacial score (nSPS) is 11.5. The number of nitrogens with zero attached hydrogens (tertiary/aromatic N) is 2. The van der Waals surface area contributed by atoms with Crippen LogP contribution in [0.15, 0.2) is 199 Å². The highest BCUT2D eigenvalue weighted by molar-refractivity contribution is 6.13. The SMILES string of the molecule is c1ccc(-c2cccc(N(c3ccc4c5ccccc5n(-c5ccccc5)c4c3)c3cccc4c3oc3ccccc34)c2-c2ccccc2)cc1. The second kappa shape index (κ2) is 11.9. The minimum absolute atomic E-state index is 0.853. The molecule has 51 heavy (non-hydrogen) atoms. The largest absolute Gasteiger partial charge is 0.454 e. The molecule has 0 aliphatic rings. The van der Waals surface area contributed by atoms with E-state index in [0.29, 0.717) is 0 Å². The van der Waals surface area contributed by atoms with Gasteiger partial charge in [-0.15, -0.1) is 0 Å². The molecular formula is C48H32N2O. The van der Waals surface area contributed by atoms with Crippen molar-refractivity contribution in [3.05, 3.63) is 194 Å². The van der Waals surface area contributed by atoms with Gasteiger partial charge >= 0.3 is 0 Å². The molecule has 3 nitrogen and oxygen atoms in total. The molecule has 0 atom stereocenters. The zero-order valence-electron chi connectivity index (χ0n) is 27.8. The van der Waals surface area contributed by atoms with Gasteiger partial charge in [0.05, 0.1) is 22.4 Å². The van der Waals surface area contributed by atoms with Gasteiger partial charge in [-0.3, -0.25) is 0 Å². The van der Waals surface area contributed by atoms with Crippen molar-refractivity contribution < 1.29 is 4.42 Å². The summed E-state index contributed by atoms with van der Waals surface area (Å²) in [7, 11) is 0. The maximum absolute atomic E-state index is 6.75. The van der Waals surface area contributed by atoms with E-state index in [0.717, 1.165) is 61.3 Å². The van der Waals surface area contributed by atoms with Gasteiger partial charge in [-0.25, -0.2) is 0 Å². The first kappa shape index (κ1) is 29.1. The van der Waals surface area contributed by atoms with Crippen LogP contribution in [0.5, 0.6) is 0 Å². The average Bonchev–Trinajstić information content (AvgIpc) is 3.75. The molecule has 0 aliphatic carbocycles. The number of hydrogen-bond donors (Lipinski definition) is 0. The molecule has 10 rings (SSSR count). The summed E-state index contributed by atoms with van der Waals surface area (Å²) in [6.07, 6.45) is 0. The van der Waals surface area contributed by atoms with Gasteiger partial charge in [0.2, 0.25) is 0 Å². The third-order valence-corrected chi connectivity index (χ3v) is 9.98. The fourth-order valence-corrected chi connectivity index (χ4v) is 7.76. The van der Waals surface area contributed by atoms with Crippen LogP contribution < -0.4 is 4.90 Å². The van der Waals surface area contributed by atoms with Crippen molar-refractivity contribution in [3.8, 4) is 27.9 Å². The van der Waals surface area contributed by atoms with Crippen LogP contribution in [0.2, 0.25) is 0 Å². The molecule has 0 aliphatic heterocycles. The van der Waals surface area contributed by atoms with Gasteiger partial charge in [0.15, 0.2) is 5.58 Å². The van der Waals surface area contributed by atoms with Gasteiger partial charge < -0.3 is 13.9 Å². The van der Waals surface area contributed by atoms with Crippen molar-refractivity contribution >= 4 is 60.8 Å². The van der Waals surface area contributed by atoms with Gasteiger partial charge in [0.1, 0.15) is 5.58 Å². The first-order chi connectivity index (χ1) is 25.3. The number of fused-ring (bicyclic) bond motifs is 6. The van der Waals surface area contributed by atoms with Crippen LogP contribution in [-0.2, 0) is 0 Å². The fourth-order valence-electron chi connectivity index (χ4n) is 7.76. The number of anilines is 3. The van der Waals surface area contributed by atoms with E-state index in [1.54, 1.807) is 0 Å². The summed E-state index contributed by atoms with van der Waals surface area (Å²) in [4.78, 5) is 2.39. The minimum atomic E-state index is 0.853. The molecule has 10 aromatic rings. The van der Waals surface area contributed by atoms with Crippen LogP contribution in [-0.4, -0.2) is 4.57 Å². The van der Waals surface area contributed by atoms with Crippen LogP contribution in [0.1, 0.15) is 0 Å². The second-order valence-electron chi connectivity index (χ2n) is 12.9. The highest BCUT2D eigenvalue weighted by Gasteiger charge is 2.25. The predicted molar refractivity (Wildman–Crippen MR) is 214 cm³/mol. The summed E-state index contributed by atoms with van der Waals surface area (Å²) < 4.78 is 9.13. The summed E-state index contributed by atoms with van der Waals surface area (Å²) in [6.45, 7) is 0. The van der Waals surface area contributed by atoms with E-state index < -0.39 is 0 Å². The number of rotatable bonds is 6. The lowest BCUT2D eigenvalue weighted by Crippen LogP contribution is -2.12. The van der Waals surface area contributed by atoms with Gasteiger partial charge in [-0.1, -0.05) is 146 Å². The Morgan fingerprint density at radius 3 is 1.82 bits per heavy atom. The van der Waals surface area contributed by atoms with Crippen molar-refractivity contribution in [2.24, 2.45) is 0 Å². The van der Waals surface area contributed by atoms with E-state index >= 15 is 0 Å². The molecule has 0 amide bonds. The van der Waals surface area contributed by atoms with E-state index in [4.69, 9.17) is 4.42 Å². The Morgan fingerprint density at radius 1 is 0.412 bits per heavy atom. The Bertz CT molecular complexity index is 2850. The van der Waals surface area contributed by atoms with Crippen molar-refractivity contribution in [1.82, 2.24) is 4.57 Å². The molecule has 0 N–H and O–H groups in total. The Kier molecular flexibility index (Phi) is 6.81. The monoisotopic (exact) mass is 652 g/mol. The number of furan rings is 1. The van der Waals surface area contributed by atoms with E-state index in [1.807, 2.05) is 6.07 Å². The molecule has 0 saturated carbocycles. The van der Waals surface area contributed by atoms with Gasteiger partial charge in [-0.2, -0.15) is 0 Å². The molecule has 0 saturated heterocycles. The highest BCUT2D eigenvalue weighted by atomic mass is 16.3. The standard InChI is InChI=1S/C48H32N2O/c1-4-16-33(17-5-1)37-24-14-27-43(47(37)34-18-6-2-7-19-34)50(44-28-15-25-41-40-23-11-13-29-46(40)51-48(41)44)36-30-31-39-38-22-10-12-26-42(38)49(45(39)32-36)35-20-8-3-9-21-35/h1-32H. The molecule has 0 unspecified atom stereocenters. The molecule has 0 fully saturated rings. The minimum Gasteiger partial charge on any atom is -0.454 e. The number of hydrogen-bond acceptors (Lipinski definition) is 2. The predicted octanol–water partition coefficient (Wildman–Crippen LogP) is 13.5. The van der Waals surface area contributed by atoms with Gasteiger partial charge in [0, 0.05) is 38.5 Å². The average molecular weight is 653 g/mol. The lowest BCUT2D eigenvalue weighted by molar-refractivity contribution is 0.669. The highest BCUT2D eigenvalue weighted by Crippen LogP contribution is 2.49. The van der Waals surface area contributed by atoms with E-state index in [-0.39, 0.29) is 0 Å². The number of benzene rings is 8. The maximum atomic E-state index is 6.75. The Hall–Kier alpha value is -6.84. The summed E-state index contributed by atoms with van der Waals surface area (Å²) in [6, 6.07) is 69.1. The molecule has 0 bridgehead atoms. The van der Waals surface area contributed by atoms with Gasteiger partial charge in [0.25, 0.3) is 0 Å². The molecule has 240 valence electrons. The Morgan fingerprint density at radius 2 is 1.02 bits per heavy atom. The van der Waals surface area contributed by atoms with Crippen molar-refractivity contribution in [2.75, 3.05) is 4.90 Å². The zero-order valence-corrected chi connectivity index (χ0v) is 27.8. The summed E-state index contributed by atoms with van der Waals surface area (Å²) in [5, 5.41) is 4.63. The summed E-state index contributed by atoms with van der Waals surface area (Å²) in [5.41, 5.74) is 12.9. The molecule has 3 heteroatoms. The lowest BCUT2D eigenvalue weighted by Gasteiger charge is -2.29. The van der Waals surface area contributed by atoms with E-state index in [9.17, 15) is 0 Å². The molecule has 2 aromatic heterocycles. The third-order valence-electron chi connectivity index (χ3n) is 9.98. The van der Waals surface area contributed by atoms with Crippen molar-refractivity contribution in [1.29, 1.82) is 0 Å². The molecule has 2 heterocycles. The van der Waals surface area contributed by atoms with Crippen LogP contribution >= 0.6 is 0 Å². The summed E-state index contributed by atoms with van der Waals surface area (Å²) in [5.74, 6) is 0. The lowest BCUT2D eigenvalue weighted by atomic mass is 9.92. The van der Waals surface area contributed by atoms with E-state index in [1.165, 1.54) is 27.4 Å². The Labute approximate surface area is 295 Å². The molecule has 0 radical (unpaired) electrons. The van der Waals surface area contributed by atoms with E-state index in [2.05, 4.69) is 198 Å². The quantitative estimate of drug-likeness (QED) is 0.178. The zero-order chi connectivity index (χ0) is 33.7.